The Morgan fingerprint density at radius 1 is 1.08 bits per heavy atom. The van der Waals surface area contributed by atoms with Gasteiger partial charge in [-0.3, -0.25) is 0 Å². The lowest BCUT2D eigenvalue weighted by Gasteiger charge is -2.37. The van der Waals surface area contributed by atoms with Crippen LogP contribution in [0.4, 0.5) is 0 Å². The Hall–Kier alpha value is -0.0400. The summed E-state index contributed by atoms with van der Waals surface area (Å²) in [5.74, 6) is 0.929. The molecule has 2 atom stereocenters. The lowest BCUT2D eigenvalue weighted by Crippen LogP contribution is -2.41. The summed E-state index contributed by atoms with van der Waals surface area (Å²) < 4.78 is 0. The van der Waals surface area contributed by atoms with Crippen molar-refractivity contribution in [1.82, 2.24) is 4.90 Å². The Morgan fingerprint density at radius 2 is 1.67 bits per heavy atom. The molecule has 1 saturated carbocycles. The van der Waals surface area contributed by atoms with Gasteiger partial charge in [0.15, 0.2) is 0 Å². The molecule has 0 heterocycles. The Morgan fingerprint density at radius 3 is 2.17 bits per heavy atom. The smallest absolute Gasteiger partial charge is 0.0121 e. The highest BCUT2D eigenvalue weighted by molar-refractivity contribution is 4.79. The molecule has 0 N–H and O–H groups in total. The molecule has 12 heavy (non-hydrogen) atoms. The SMILES string of the molecule is CCN(CC)[C@@H]1CCCC[C@H]1C. The van der Waals surface area contributed by atoms with E-state index in [1.54, 1.807) is 0 Å². The van der Waals surface area contributed by atoms with Crippen molar-refractivity contribution in [1.29, 1.82) is 0 Å². The lowest BCUT2D eigenvalue weighted by atomic mass is 9.85. The van der Waals surface area contributed by atoms with Crippen molar-refractivity contribution in [3.63, 3.8) is 0 Å². The summed E-state index contributed by atoms with van der Waals surface area (Å²) in [5.41, 5.74) is 0. The normalized spacial score (nSPS) is 31.0. The molecule has 0 unspecified atom stereocenters. The summed E-state index contributed by atoms with van der Waals surface area (Å²) >= 11 is 0. The molecular formula is C11H23N. The van der Waals surface area contributed by atoms with E-state index in [0.717, 1.165) is 12.0 Å². The summed E-state index contributed by atoms with van der Waals surface area (Å²) in [6.07, 6.45) is 5.79. The predicted molar refractivity (Wildman–Crippen MR) is 54.3 cm³/mol. The van der Waals surface area contributed by atoms with Gasteiger partial charge in [-0.2, -0.15) is 0 Å². The molecule has 0 aromatic rings. The van der Waals surface area contributed by atoms with Gasteiger partial charge >= 0.3 is 0 Å². The van der Waals surface area contributed by atoms with Gasteiger partial charge < -0.3 is 4.90 Å². The summed E-state index contributed by atoms with van der Waals surface area (Å²) in [6.45, 7) is 9.44. The molecule has 0 spiro atoms. The first-order chi connectivity index (χ1) is 5.79. The number of rotatable bonds is 3. The van der Waals surface area contributed by atoms with Gasteiger partial charge in [-0.1, -0.05) is 33.6 Å². The van der Waals surface area contributed by atoms with E-state index >= 15 is 0 Å². The van der Waals surface area contributed by atoms with Crippen LogP contribution < -0.4 is 0 Å². The van der Waals surface area contributed by atoms with Crippen LogP contribution in [0.15, 0.2) is 0 Å². The van der Waals surface area contributed by atoms with Crippen molar-refractivity contribution in [2.45, 2.75) is 52.5 Å². The van der Waals surface area contributed by atoms with Crippen molar-refractivity contribution < 1.29 is 0 Å². The molecule has 0 amide bonds. The molecule has 1 nitrogen and oxygen atoms in total. The molecular weight excluding hydrogens is 146 g/mol. The van der Waals surface area contributed by atoms with Crippen LogP contribution in [0.5, 0.6) is 0 Å². The fourth-order valence-corrected chi connectivity index (χ4v) is 2.53. The van der Waals surface area contributed by atoms with Crippen LogP contribution in [0.2, 0.25) is 0 Å². The van der Waals surface area contributed by atoms with E-state index in [1.165, 1.54) is 38.8 Å². The highest BCUT2D eigenvalue weighted by Crippen LogP contribution is 2.27. The van der Waals surface area contributed by atoms with Crippen LogP contribution in [0.3, 0.4) is 0 Å². The maximum absolute atomic E-state index is 2.63. The second kappa shape index (κ2) is 4.86. The third kappa shape index (κ3) is 2.22. The average molecular weight is 169 g/mol. The van der Waals surface area contributed by atoms with Crippen LogP contribution in [0.1, 0.15) is 46.5 Å². The standard InChI is InChI=1S/C11H23N/c1-4-12(5-2)11-9-7-6-8-10(11)3/h10-11H,4-9H2,1-3H3/t10-,11-/m1/s1. The first-order valence-corrected chi connectivity index (χ1v) is 5.53. The van der Waals surface area contributed by atoms with E-state index in [0.29, 0.717) is 0 Å². The van der Waals surface area contributed by atoms with E-state index in [1.807, 2.05) is 0 Å². The van der Waals surface area contributed by atoms with Gasteiger partial charge in [-0.25, -0.2) is 0 Å². The Bertz CT molecular complexity index is 118. The largest absolute Gasteiger partial charge is 0.301 e. The fourth-order valence-electron chi connectivity index (χ4n) is 2.53. The van der Waals surface area contributed by atoms with E-state index in [4.69, 9.17) is 0 Å². The zero-order valence-electron chi connectivity index (χ0n) is 8.84. The first-order valence-electron chi connectivity index (χ1n) is 5.53. The molecule has 1 aliphatic carbocycles. The van der Waals surface area contributed by atoms with E-state index < -0.39 is 0 Å². The monoisotopic (exact) mass is 169 g/mol. The molecule has 1 heteroatoms. The molecule has 0 saturated heterocycles. The van der Waals surface area contributed by atoms with Crippen molar-refractivity contribution >= 4 is 0 Å². The Kier molecular flexibility index (Phi) is 4.07. The molecule has 0 aromatic heterocycles. The zero-order chi connectivity index (χ0) is 8.97. The van der Waals surface area contributed by atoms with Gasteiger partial charge in [0.1, 0.15) is 0 Å². The minimum absolute atomic E-state index is 0.883. The van der Waals surface area contributed by atoms with Gasteiger partial charge in [0.25, 0.3) is 0 Å². The van der Waals surface area contributed by atoms with Gasteiger partial charge in [0.05, 0.1) is 0 Å². The van der Waals surface area contributed by atoms with Crippen LogP contribution in [-0.2, 0) is 0 Å². The maximum Gasteiger partial charge on any atom is 0.0121 e. The predicted octanol–water partition coefficient (Wildman–Crippen LogP) is 2.91. The average Bonchev–Trinajstić information content (AvgIpc) is 2.10. The van der Waals surface area contributed by atoms with Crippen molar-refractivity contribution in [2.75, 3.05) is 13.1 Å². The Balaban J connectivity index is 2.45. The third-order valence-electron chi connectivity index (χ3n) is 3.35. The first kappa shape index (κ1) is 10.0. The van der Waals surface area contributed by atoms with Crippen molar-refractivity contribution in [3.8, 4) is 0 Å². The molecule has 1 fully saturated rings. The molecule has 0 aromatic carbocycles. The van der Waals surface area contributed by atoms with Gasteiger partial charge in [-0.05, 0) is 31.8 Å². The van der Waals surface area contributed by atoms with Gasteiger partial charge in [0, 0.05) is 6.04 Å². The van der Waals surface area contributed by atoms with Crippen LogP contribution in [-0.4, -0.2) is 24.0 Å². The summed E-state index contributed by atoms with van der Waals surface area (Å²) in [4.78, 5) is 2.63. The summed E-state index contributed by atoms with van der Waals surface area (Å²) in [5, 5.41) is 0. The van der Waals surface area contributed by atoms with Gasteiger partial charge in [-0.15, -0.1) is 0 Å². The second-order valence-corrected chi connectivity index (χ2v) is 4.05. The quantitative estimate of drug-likeness (QED) is 0.628. The van der Waals surface area contributed by atoms with Crippen LogP contribution in [0.25, 0.3) is 0 Å². The summed E-state index contributed by atoms with van der Waals surface area (Å²) in [6, 6.07) is 0.883. The Labute approximate surface area is 77.1 Å². The minimum Gasteiger partial charge on any atom is -0.301 e. The van der Waals surface area contributed by atoms with Crippen LogP contribution >= 0.6 is 0 Å². The number of hydrogen-bond donors (Lipinski definition) is 0. The van der Waals surface area contributed by atoms with E-state index in [2.05, 4.69) is 25.7 Å². The molecule has 1 rings (SSSR count). The lowest BCUT2D eigenvalue weighted by molar-refractivity contribution is 0.123. The molecule has 1 aliphatic rings. The zero-order valence-corrected chi connectivity index (χ0v) is 8.84. The second-order valence-electron chi connectivity index (χ2n) is 4.05. The third-order valence-corrected chi connectivity index (χ3v) is 3.35. The van der Waals surface area contributed by atoms with Gasteiger partial charge in [0.2, 0.25) is 0 Å². The molecule has 0 radical (unpaired) electrons. The molecule has 0 aliphatic heterocycles. The van der Waals surface area contributed by atoms with Crippen LogP contribution in [0, 0.1) is 5.92 Å². The molecule has 72 valence electrons. The maximum atomic E-state index is 2.63. The summed E-state index contributed by atoms with van der Waals surface area (Å²) in [7, 11) is 0. The fraction of sp³-hybridized carbons (Fsp3) is 1.00. The van der Waals surface area contributed by atoms with Crippen molar-refractivity contribution in [3.05, 3.63) is 0 Å². The number of nitrogens with zero attached hydrogens (tertiary/aromatic N) is 1. The number of hydrogen-bond acceptors (Lipinski definition) is 1. The molecule has 0 bridgehead atoms. The van der Waals surface area contributed by atoms with Crippen molar-refractivity contribution in [2.24, 2.45) is 5.92 Å². The minimum atomic E-state index is 0.883. The highest BCUT2D eigenvalue weighted by atomic mass is 15.1. The van der Waals surface area contributed by atoms with E-state index in [-0.39, 0.29) is 0 Å². The topological polar surface area (TPSA) is 3.24 Å². The van der Waals surface area contributed by atoms with E-state index in [9.17, 15) is 0 Å². The highest BCUT2D eigenvalue weighted by Gasteiger charge is 2.24.